The fourth-order valence-corrected chi connectivity index (χ4v) is 8.83. The maximum atomic E-state index is 7.37. The fourth-order valence-electron chi connectivity index (χ4n) is 8.83. The molecule has 0 atom stereocenters. The zero-order valence-corrected chi connectivity index (χ0v) is 30.1. The van der Waals surface area contributed by atoms with Crippen molar-refractivity contribution in [2.45, 2.75) is 0 Å². The molecule has 0 bridgehead atoms. The largest absolute Gasteiger partial charge is 0.456 e. The summed E-state index contributed by atoms with van der Waals surface area (Å²) in [4.78, 5) is 2.31. The van der Waals surface area contributed by atoms with E-state index in [0.29, 0.717) is 0 Å². The molecular formula is C52H31NO3. The highest BCUT2D eigenvalue weighted by Crippen LogP contribution is 2.51. The molecule has 0 fully saturated rings. The van der Waals surface area contributed by atoms with Crippen LogP contribution in [0.4, 0.5) is 17.1 Å². The van der Waals surface area contributed by atoms with Gasteiger partial charge in [-0.2, -0.15) is 0 Å². The van der Waals surface area contributed by atoms with E-state index < -0.39 is 0 Å². The molecular weight excluding hydrogens is 687 g/mol. The molecule has 4 heteroatoms. The molecule has 4 nitrogen and oxygen atoms in total. The number of fused-ring (bicyclic) bond motifs is 10. The average molecular weight is 718 g/mol. The van der Waals surface area contributed by atoms with Crippen LogP contribution >= 0.6 is 0 Å². The standard InChI is InChI=1S/C52H31NO3/c1-2-15-33(16-3-1)35-20-6-9-26-42(35)53(43-27-13-24-38-36-21-7-10-29-45(36)55-50(38)43)44-28-14-25-39-41-31-47-48(40-22-8-11-30-46(40)54-47)49(52(41)56-51(39)44)37-23-12-18-32-17-4-5-19-34(32)37/h1-31H. The molecule has 0 amide bonds. The Balaban J connectivity index is 1.22. The fraction of sp³-hybridized carbons (Fsp3) is 0. The van der Waals surface area contributed by atoms with Gasteiger partial charge in [-0.05, 0) is 58.3 Å². The number of benzene rings is 9. The predicted molar refractivity (Wildman–Crippen MR) is 231 cm³/mol. The second-order valence-electron chi connectivity index (χ2n) is 14.4. The number of hydrogen-bond donors (Lipinski definition) is 0. The Kier molecular flexibility index (Phi) is 6.60. The Bertz CT molecular complexity index is 3490. The molecule has 0 aliphatic heterocycles. The second kappa shape index (κ2) is 12.0. The summed E-state index contributed by atoms with van der Waals surface area (Å²) in [5.74, 6) is 0. The van der Waals surface area contributed by atoms with Crippen LogP contribution in [0.2, 0.25) is 0 Å². The smallest absolute Gasteiger partial charge is 0.159 e. The maximum Gasteiger partial charge on any atom is 0.159 e. The SMILES string of the molecule is c1ccc(-c2ccccc2N(c2cccc3c2oc2ccccc23)c2cccc3c2oc2c(-c4cccc5ccccc45)c4c(cc23)oc2ccccc24)cc1. The first-order valence-electron chi connectivity index (χ1n) is 18.9. The lowest BCUT2D eigenvalue weighted by atomic mass is 9.93. The van der Waals surface area contributed by atoms with Gasteiger partial charge in [-0.1, -0.05) is 152 Å². The quantitative estimate of drug-likeness (QED) is 0.178. The van der Waals surface area contributed by atoms with Crippen molar-refractivity contribution in [1.82, 2.24) is 0 Å². The third-order valence-corrected chi connectivity index (χ3v) is 11.3. The summed E-state index contributed by atoms with van der Waals surface area (Å²) in [6, 6.07) is 65.8. The van der Waals surface area contributed by atoms with Gasteiger partial charge in [0, 0.05) is 43.4 Å². The number of hydrogen-bond acceptors (Lipinski definition) is 4. The topological polar surface area (TPSA) is 42.7 Å². The molecule has 262 valence electrons. The first-order chi connectivity index (χ1) is 27.8. The zero-order chi connectivity index (χ0) is 36.7. The van der Waals surface area contributed by atoms with Crippen LogP contribution in [0.1, 0.15) is 0 Å². The lowest BCUT2D eigenvalue weighted by Crippen LogP contribution is -2.11. The molecule has 0 unspecified atom stereocenters. The van der Waals surface area contributed by atoms with Crippen molar-refractivity contribution < 1.29 is 13.3 Å². The molecule has 0 radical (unpaired) electrons. The molecule has 0 saturated heterocycles. The van der Waals surface area contributed by atoms with E-state index in [4.69, 9.17) is 13.3 Å². The van der Waals surface area contributed by atoms with Gasteiger partial charge in [-0.25, -0.2) is 0 Å². The molecule has 12 rings (SSSR count). The van der Waals surface area contributed by atoms with E-state index in [0.717, 1.165) is 111 Å². The van der Waals surface area contributed by atoms with Gasteiger partial charge in [-0.3, -0.25) is 0 Å². The zero-order valence-electron chi connectivity index (χ0n) is 30.1. The van der Waals surface area contributed by atoms with Gasteiger partial charge in [0.25, 0.3) is 0 Å². The van der Waals surface area contributed by atoms with E-state index in [2.05, 4.69) is 169 Å². The minimum absolute atomic E-state index is 0.775. The summed E-state index contributed by atoms with van der Waals surface area (Å²) in [5, 5.41) is 8.56. The molecule has 3 aromatic heterocycles. The van der Waals surface area contributed by atoms with E-state index in [-0.39, 0.29) is 0 Å². The summed E-state index contributed by atoms with van der Waals surface area (Å²) < 4.78 is 20.8. The number of para-hydroxylation sites is 5. The number of anilines is 3. The molecule has 0 N–H and O–H groups in total. The van der Waals surface area contributed by atoms with Gasteiger partial charge < -0.3 is 18.2 Å². The highest BCUT2D eigenvalue weighted by molar-refractivity contribution is 6.26. The highest BCUT2D eigenvalue weighted by atomic mass is 16.3. The monoisotopic (exact) mass is 717 g/mol. The van der Waals surface area contributed by atoms with Crippen LogP contribution in [0, 0.1) is 0 Å². The molecule has 12 aromatic rings. The Morgan fingerprint density at radius 2 is 0.875 bits per heavy atom. The van der Waals surface area contributed by atoms with Gasteiger partial charge in [0.15, 0.2) is 11.2 Å². The Labute approximate surface area is 321 Å². The van der Waals surface area contributed by atoms with E-state index in [1.54, 1.807) is 0 Å². The number of furan rings is 3. The third kappa shape index (κ3) is 4.47. The van der Waals surface area contributed by atoms with Crippen molar-refractivity contribution >= 4 is 93.7 Å². The van der Waals surface area contributed by atoms with Crippen molar-refractivity contribution in [1.29, 1.82) is 0 Å². The first-order valence-corrected chi connectivity index (χ1v) is 18.9. The van der Waals surface area contributed by atoms with Gasteiger partial charge in [0.1, 0.15) is 22.3 Å². The van der Waals surface area contributed by atoms with Crippen molar-refractivity contribution in [3.8, 4) is 22.3 Å². The Hall–Kier alpha value is -7.56. The number of rotatable bonds is 5. The van der Waals surface area contributed by atoms with Gasteiger partial charge in [-0.15, -0.1) is 0 Å². The average Bonchev–Trinajstić information content (AvgIpc) is 3.95. The molecule has 3 heterocycles. The van der Waals surface area contributed by atoms with Gasteiger partial charge >= 0.3 is 0 Å². The summed E-state index contributed by atoms with van der Waals surface area (Å²) >= 11 is 0. The first kappa shape index (κ1) is 30.9. The number of nitrogens with zero attached hydrogens (tertiary/aromatic N) is 1. The summed E-state index contributed by atoms with van der Waals surface area (Å²) in [6.45, 7) is 0. The maximum absolute atomic E-state index is 7.37. The molecule has 9 aromatic carbocycles. The molecule has 0 spiro atoms. The van der Waals surface area contributed by atoms with Crippen LogP contribution in [0.5, 0.6) is 0 Å². The predicted octanol–water partition coefficient (Wildman–Crippen LogP) is 15.3. The van der Waals surface area contributed by atoms with Crippen LogP contribution < -0.4 is 4.90 Å². The summed E-state index contributed by atoms with van der Waals surface area (Å²) in [5.41, 5.74) is 12.1. The Morgan fingerprint density at radius 1 is 0.321 bits per heavy atom. The van der Waals surface area contributed by atoms with Crippen molar-refractivity contribution in [3.05, 3.63) is 188 Å². The van der Waals surface area contributed by atoms with Crippen LogP contribution in [-0.4, -0.2) is 0 Å². The van der Waals surface area contributed by atoms with Crippen molar-refractivity contribution in [3.63, 3.8) is 0 Å². The van der Waals surface area contributed by atoms with Crippen LogP contribution in [0.15, 0.2) is 201 Å². The summed E-state index contributed by atoms with van der Waals surface area (Å²) in [6.07, 6.45) is 0. The summed E-state index contributed by atoms with van der Waals surface area (Å²) in [7, 11) is 0. The van der Waals surface area contributed by atoms with E-state index in [1.165, 1.54) is 5.39 Å². The minimum atomic E-state index is 0.775. The van der Waals surface area contributed by atoms with Crippen molar-refractivity contribution in [2.24, 2.45) is 0 Å². The lowest BCUT2D eigenvalue weighted by Gasteiger charge is -2.28. The molecule has 0 saturated carbocycles. The van der Waals surface area contributed by atoms with Crippen LogP contribution in [0.3, 0.4) is 0 Å². The normalized spacial score (nSPS) is 11.9. The van der Waals surface area contributed by atoms with Crippen LogP contribution in [-0.2, 0) is 0 Å². The lowest BCUT2D eigenvalue weighted by molar-refractivity contribution is 0.664. The molecule has 0 aliphatic rings. The van der Waals surface area contributed by atoms with Crippen LogP contribution in [0.25, 0.3) is 98.8 Å². The van der Waals surface area contributed by atoms with Gasteiger partial charge in [0.05, 0.1) is 17.1 Å². The molecule has 56 heavy (non-hydrogen) atoms. The van der Waals surface area contributed by atoms with E-state index in [1.807, 2.05) is 24.3 Å². The van der Waals surface area contributed by atoms with E-state index in [9.17, 15) is 0 Å². The van der Waals surface area contributed by atoms with Crippen molar-refractivity contribution in [2.75, 3.05) is 4.90 Å². The third-order valence-electron chi connectivity index (χ3n) is 11.3. The highest BCUT2D eigenvalue weighted by Gasteiger charge is 2.27. The van der Waals surface area contributed by atoms with Gasteiger partial charge in [0.2, 0.25) is 0 Å². The minimum Gasteiger partial charge on any atom is -0.456 e. The second-order valence-corrected chi connectivity index (χ2v) is 14.4. The Morgan fingerprint density at radius 3 is 1.70 bits per heavy atom. The molecule has 0 aliphatic carbocycles. The van der Waals surface area contributed by atoms with E-state index >= 15 is 0 Å².